The first kappa shape index (κ1) is 7.62. The molecule has 0 saturated heterocycles. The van der Waals surface area contributed by atoms with Crippen LogP contribution in [0.4, 0.5) is 0 Å². The van der Waals surface area contributed by atoms with E-state index in [-0.39, 0.29) is 0 Å². The highest BCUT2D eigenvalue weighted by atomic mass is 35.5. The Balaban J connectivity index is 2.99. The first-order valence-electron chi connectivity index (χ1n) is 3.79. The largest absolute Gasteiger partial charge is 0.262 e. The van der Waals surface area contributed by atoms with E-state index in [0.717, 1.165) is 11.2 Å². The summed E-state index contributed by atoms with van der Waals surface area (Å²) in [6.45, 7) is 4.07. The third-order valence-electron chi connectivity index (χ3n) is 2.25. The predicted molar refractivity (Wildman–Crippen MR) is 50.5 cm³/mol. The van der Waals surface area contributed by atoms with E-state index in [1.807, 2.05) is 13.0 Å². The molecule has 0 amide bonds. The molecule has 0 aliphatic carbocycles. The standard InChI is InChI=1S/C9H9ClN2/c1-6-7(2)12(10)9-5-11-4-3-8(6)9/h3-5H,1-2H3. The van der Waals surface area contributed by atoms with E-state index in [1.54, 1.807) is 16.5 Å². The summed E-state index contributed by atoms with van der Waals surface area (Å²) in [5.41, 5.74) is 3.29. The van der Waals surface area contributed by atoms with E-state index < -0.39 is 0 Å². The van der Waals surface area contributed by atoms with Gasteiger partial charge in [-0.1, -0.05) is 0 Å². The van der Waals surface area contributed by atoms with Crippen molar-refractivity contribution in [2.45, 2.75) is 13.8 Å². The monoisotopic (exact) mass is 180 g/mol. The van der Waals surface area contributed by atoms with Crippen LogP contribution in [0.15, 0.2) is 18.5 Å². The highest BCUT2D eigenvalue weighted by Gasteiger charge is 2.07. The molecule has 0 fully saturated rings. The van der Waals surface area contributed by atoms with Crippen molar-refractivity contribution in [1.29, 1.82) is 0 Å². The van der Waals surface area contributed by atoms with Gasteiger partial charge in [0, 0.05) is 29.1 Å². The van der Waals surface area contributed by atoms with Gasteiger partial charge >= 0.3 is 0 Å². The predicted octanol–water partition coefficient (Wildman–Crippen LogP) is 2.66. The lowest BCUT2D eigenvalue weighted by Gasteiger charge is -1.92. The summed E-state index contributed by atoms with van der Waals surface area (Å²) >= 11 is 6.02. The molecule has 0 bridgehead atoms. The topological polar surface area (TPSA) is 17.8 Å². The zero-order chi connectivity index (χ0) is 8.72. The maximum Gasteiger partial charge on any atom is 0.0836 e. The van der Waals surface area contributed by atoms with E-state index in [2.05, 4.69) is 11.9 Å². The smallest absolute Gasteiger partial charge is 0.0836 e. The van der Waals surface area contributed by atoms with Crippen molar-refractivity contribution in [2.24, 2.45) is 0 Å². The SMILES string of the molecule is Cc1c(C)n(Cl)c2cnccc12. The summed E-state index contributed by atoms with van der Waals surface area (Å²) < 4.78 is 1.65. The maximum absolute atomic E-state index is 6.02. The fourth-order valence-electron chi connectivity index (χ4n) is 1.38. The fourth-order valence-corrected chi connectivity index (χ4v) is 1.64. The lowest BCUT2D eigenvalue weighted by atomic mass is 10.2. The molecule has 2 nitrogen and oxygen atoms in total. The molecule has 2 heterocycles. The summed E-state index contributed by atoms with van der Waals surface area (Å²) in [4.78, 5) is 4.02. The van der Waals surface area contributed by atoms with Crippen molar-refractivity contribution < 1.29 is 0 Å². The van der Waals surface area contributed by atoms with Crippen LogP contribution in [0.2, 0.25) is 0 Å². The first-order valence-corrected chi connectivity index (χ1v) is 4.13. The van der Waals surface area contributed by atoms with Gasteiger partial charge < -0.3 is 0 Å². The van der Waals surface area contributed by atoms with Crippen molar-refractivity contribution in [3.05, 3.63) is 29.7 Å². The van der Waals surface area contributed by atoms with Crippen LogP contribution in [0.1, 0.15) is 11.3 Å². The van der Waals surface area contributed by atoms with Gasteiger partial charge in [0.15, 0.2) is 0 Å². The summed E-state index contributed by atoms with van der Waals surface area (Å²) in [6.07, 6.45) is 3.56. The molecule has 62 valence electrons. The van der Waals surface area contributed by atoms with E-state index in [1.165, 1.54) is 10.9 Å². The molecule has 0 saturated carbocycles. The van der Waals surface area contributed by atoms with Gasteiger partial charge in [-0.2, -0.15) is 0 Å². The average Bonchev–Trinajstić information content (AvgIpc) is 2.33. The van der Waals surface area contributed by atoms with E-state index >= 15 is 0 Å². The molecule has 0 spiro atoms. The highest BCUT2D eigenvalue weighted by molar-refractivity contribution is 6.20. The highest BCUT2D eigenvalue weighted by Crippen LogP contribution is 2.24. The number of halogens is 1. The Labute approximate surface area is 75.9 Å². The third-order valence-corrected chi connectivity index (χ3v) is 2.69. The Kier molecular flexibility index (Phi) is 1.58. The molecule has 12 heavy (non-hydrogen) atoms. The number of nitrogens with zero attached hydrogens (tertiary/aromatic N) is 2. The van der Waals surface area contributed by atoms with Crippen molar-refractivity contribution in [2.75, 3.05) is 0 Å². The van der Waals surface area contributed by atoms with Crippen LogP contribution in [0.3, 0.4) is 0 Å². The molecule has 2 aromatic rings. The van der Waals surface area contributed by atoms with Crippen molar-refractivity contribution >= 4 is 22.7 Å². The summed E-state index contributed by atoms with van der Waals surface area (Å²) in [7, 11) is 0. The Morgan fingerprint density at radius 1 is 1.42 bits per heavy atom. The van der Waals surface area contributed by atoms with Crippen LogP contribution in [-0.2, 0) is 0 Å². The molecule has 0 atom stereocenters. The minimum absolute atomic E-state index is 0.981. The second-order valence-corrected chi connectivity index (χ2v) is 3.22. The lowest BCUT2D eigenvalue weighted by molar-refractivity contribution is 1.16. The number of rotatable bonds is 0. The second kappa shape index (κ2) is 2.49. The second-order valence-electron chi connectivity index (χ2n) is 2.88. The molecule has 2 aromatic heterocycles. The molecule has 0 aromatic carbocycles. The number of aryl methyl sites for hydroxylation is 1. The van der Waals surface area contributed by atoms with E-state index in [0.29, 0.717) is 0 Å². The molecule has 2 rings (SSSR count). The number of pyridine rings is 1. The molecule has 0 N–H and O–H groups in total. The average molecular weight is 181 g/mol. The molecule has 0 aliphatic heterocycles. The van der Waals surface area contributed by atoms with Crippen LogP contribution in [0, 0.1) is 13.8 Å². The van der Waals surface area contributed by atoms with Gasteiger partial charge in [-0.05, 0) is 25.5 Å². The van der Waals surface area contributed by atoms with Crippen LogP contribution < -0.4 is 0 Å². The first-order chi connectivity index (χ1) is 5.72. The maximum atomic E-state index is 6.02. The number of fused-ring (bicyclic) bond motifs is 1. The Hall–Kier alpha value is -1.02. The third kappa shape index (κ3) is 0.847. The molecule has 0 radical (unpaired) electrons. The van der Waals surface area contributed by atoms with Crippen LogP contribution in [0.5, 0.6) is 0 Å². The van der Waals surface area contributed by atoms with Crippen LogP contribution in [-0.4, -0.2) is 9.07 Å². The van der Waals surface area contributed by atoms with Gasteiger partial charge in [0.05, 0.1) is 11.7 Å². The zero-order valence-corrected chi connectivity index (χ0v) is 7.76. The Bertz CT molecular complexity index is 392. The molecule has 0 unspecified atom stereocenters. The molecular formula is C9H9ClN2. The minimum Gasteiger partial charge on any atom is -0.262 e. The Morgan fingerprint density at radius 3 is 2.83 bits per heavy atom. The number of hydrogen-bond donors (Lipinski definition) is 0. The van der Waals surface area contributed by atoms with Crippen LogP contribution >= 0.6 is 11.8 Å². The zero-order valence-electron chi connectivity index (χ0n) is 7.00. The summed E-state index contributed by atoms with van der Waals surface area (Å²) in [5.74, 6) is 0. The van der Waals surface area contributed by atoms with Gasteiger partial charge in [0.2, 0.25) is 0 Å². The van der Waals surface area contributed by atoms with Gasteiger partial charge in [-0.3, -0.25) is 9.07 Å². The van der Waals surface area contributed by atoms with Gasteiger partial charge in [0.1, 0.15) is 0 Å². The van der Waals surface area contributed by atoms with Crippen molar-refractivity contribution in [1.82, 2.24) is 9.07 Å². The van der Waals surface area contributed by atoms with Gasteiger partial charge in [-0.15, -0.1) is 0 Å². The molecule has 3 heteroatoms. The normalized spacial score (nSPS) is 10.9. The summed E-state index contributed by atoms with van der Waals surface area (Å²) in [6, 6.07) is 1.98. The van der Waals surface area contributed by atoms with Crippen LogP contribution in [0.25, 0.3) is 10.9 Å². The van der Waals surface area contributed by atoms with Crippen molar-refractivity contribution in [3.63, 3.8) is 0 Å². The minimum atomic E-state index is 0.981. The number of aromatic nitrogens is 2. The molecular weight excluding hydrogens is 172 g/mol. The quantitative estimate of drug-likeness (QED) is 0.610. The fraction of sp³-hybridized carbons (Fsp3) is 0.222. The molecule has 0 aliphatic rings. The van der Waals surface area contributed by atoms with E-state index in [9.17, 15) is 0 Å². The van der Waals surface area contributed by atoms with Crippen molar-refractivity contribution in [3.8, 4) is 0 Å². The number of hydrogen-bond acceptors (Lipinski definition) is 1. The van der Waals surface area contributed by atoms with Gasteiger partial charge in [0.25, 0.3) is 0 Å². The Morgan fingerprint density at radius 2 is 2.17 bits per heavy atom. The van der Waals surface area contributed by atoms with E-state index in [4.69, 9.17) is 11.8 Å². The van der Waals surface area contributed by atoms with Gasteiger partial charge in [-0.25, -0.2) is 0 Å². The summed E-state index contributed by atoms with van der Waals surface area (Å²) in [5, 5.41) is 1.18. The lowest BCUT2D eigenvalue weighted by Crippen LogP contribution is -1.82.